The number of benzene rings is 1. The standard InChI is InChI=1S/C11H11N3O2/c1-14(2)11(15)9-6-4-3-5-8(9)10-7-12-13-16-10/h3-7H,1-2H3. The molecular weight excluding hydrogens is 206 g/mol. The molecule has 1 aromatic carbocycles. The Morgan fingerprint density at radius 3 is 2.69 bits per heavy atom. The minimum absolute atomic E-state index is 0.0769. The fourth-order valence-electron chi connectivity index (χ4n) is 1.41. The lowest BCUT2D eigenvalue weighted by atomic mass is 10.0. The first-order valence-corrected chi connectivity index (χ1v) is 4.78. The second-order valence-electron chi connectivity index (χ2n) is 3.53. The Balaban J connectivity index is 2.51. The van der Waals surface area contributed by atoms with Crippen molar-refractivity contribution in [1.82, 2.24) is 15.3 Å². The van der Waals surface area contributed by atoms with Crippen LogP contribution in [0.1, 0.15) is 10.4 Å². The smallest absolute Gasteiger partial charge is 0.254 e. The number of carbonyl (C=O) groups excluding carboxylic acids is 1. The van der Waals surface area contributed by atoms with Crippen LogP contribution in [-0.2, 0) is 0 Å². The SMILES string of the molecule is CN(C)C(=O)c1ccccc1-c1cnno1. The van der Waals surface area contributed by atoms with Crippen molar-refractivity contribution in [2.75, 3.05) is 14.1 Å². The van der Waals surface area contributed by atoms with Gasteiger partial charge < -0.3 is 9.42 Å². The van der Waals surface area contributed by atoms with Crippen LogP contribution in [0.3, 0.4) is 0 Å². The monoisotopic (exact) mass is 217 g/mol. The highest BCUT2D eigenvalue weighted by Crippen LogP contribution is 2.22. The van der Waals surface area contributed by atoms with Gasteiger partial charge >= 0.3 is 0 Å². The Hall–Kier alpha value is -2.17. The molecule has 1 heterocycles. The summed E-state index contributed by atoms with van der Waals surface area (Å²) in [6.45, 7) is 0. The third-order valence-electron chi connectivity index (χ3n) is 2.19. The van der Waals surface area contributed by atoms with E-state index in [1.807, 2.05) is 12.1 Å². The van der Waals surface area contributed by atoms with Gasteiger partial charge in [0.1, 0.15) is 0 Å². The molecule has 0 aliphatic heterocycles. The average Bonchev–Trinajstić information content (AvgIpc) is 2.81. The van der Waals surface area contributed by atoms with Crippen molar-refractivity contribution in [3.63, 3.8) is 0 Å². The van der Waals surface area contributed by atoms with Gasteiger partial charge in [-0.3, -0.25) is 4.79 Å². The fraction of sp³-hybridized carbons (Fsp3) is 0.182. The van der Waals surface area contributed by atoms with E-state index in [0.717, 1.165) is 0 Å². The molecule has 5 nitrogen and oxygen atoms in total. The summed E-state index contributed by atoms with van der Waals surface area (Å²) in [4.78, 5) is 13.4. The normalized spacial score (nSPS) is 10.1. The molecule has 16 heavy (non-hydrogen) atoms. The summed E-state index contributed by atoms with van der Waals surface area (Å²) in [6.07, 6.45) is 1.49. The zero-order chi connectivity index (χ0) is 11.5. The van der Waals surface area contributed by atoms with E-state index in [0.29, 0.717) is 16.9 Å². The van der Waals surface area contributed by atoms with Crippen LogP contribution in [0.15, 0.2) is 35.0 Å². The molecule has 0 unspecified atom stereocenters. The minimum Gasteiger partial charge on any atom is -0.345 e. The van der Waals surface area contributed by atoms with Crippen molar-refractivity contribution in [1.29, 1.82) is 0 Å². The zero-order valence-electron chi connectivity index (χ0n) is 9.04. The van der Waals surface area contributed by atoms with Crippen LogP contribution in [0.5, 0.6) is 0 Å². The Morgan fingerprint density at radius 2 is 2.06 bits per heavy atom. The molecule has 0 bridgehead atoms. The molecule has 0 N–H and O–H groups in total. The highest BCUT2D eigenvalue weighted by molar-refractivity contribution is 5.99. The van der Waals surface area contributed by atoms with Crippen molar-refractivity contribution in [3.05, 3.63) is 36.0 Å². The second kappa shape index (κ2) is 4.14. The third-order valence-corrected chi connectivity index (χ3v) is 2.19. The van der Waals surface area contributed by atoms with Gasteiger partial charge in [0, 0.05) is 24.9 Å². The molecular formula is C11H11N3O2. The van der Waals surface area contributed by atoms with E-state index in [4.69, 9.17) is 4.52 Å². The summed E-state index contributed by atoms with van der Waals surface area (Å²) in [7, 11) is 3.41. The van der Waals surface area contributed by atoms with E-state index < -0.39 is 0 Å². The van der Waals surface area contributed by atoms with Gasteiger partial charge in [-0.2, -0.15) is 0 Å². The maximum absolute atomic E-state index is 11.9. The number of amides is 1. The van der Waals surface area contributed by atoms with Crippen LogP contribution in [-0.4, -0.2) is 35.3 Å². The van der Waals surface area contributed by atoms with E-state index in [1.165, 1.54) is 11.1 Å². The first kappa shape index (κ1) is 10.4. The third kappa shape index (κ3) is 1.79. The van der Waals surface area contributed by atoms with Gasteiger partial charge in [0.15, 0.2) is 5.76 Å². The molecule has 0 atom stereocenters. The van der Waals surface area contributed by atoms with Crippen LogP contribution in [0, 0.1) is 0 Å². The van der Waals surface area contributed by atoms with Crippen molar-refractivity contribution in [2.45, 2.75) is 0 Å². The maximum Gasteiger partial charge on any atom is 0.254 e. The van der Waals surface area contributed by atoms with Crippen molar-refractivity contribution < 1.29 is 9.32 Å². The van der Waals surface area contributed by atoms with Gasteiger partial charge in [-0.25, -0.2) is 0 Å². The quantitative estimate of drug-likeness (QED) is 0.763. The van der Waals surface area contributed by atoms with Crippen LogP contribution in [0.2, 0.25) is 0 Å². The first-order chi connectivity index (χ1) is 7.70. The number of aromatic nitrogens is 2. The lowest BCUT2D eigenvalue weighted by molar-refractivity contribution is 0.0828. The molecule has 2 rings (SSSR count). The molecule has 0 saturated carbocycles. The van der Waals surface area contributed by atoms with E-state index in [9.17, 15) is 4.79 Å². The highest BCUT2D eigenvalue weighted by atomic mass is 16.5. The molecule has 82 valence electrons. The lowest BCUT2D eigenvalue weighted by Crippen LogP contribution is -2.22. The number of hydrogen-bond donors (Lipinski definition) is 0. The van der Waals surface area contributed by atoms with Gasteiger partial charge in [-0.05, 0) is 6.07 Å². The Morgan fingerprint density at radius 1 is 1.31 bits per heavy atom. The molecule has 0 radical (unpaired) electrons. The van der Waals surface area contributed by atoms with Gasteiger partial charge in [-0.1, -0.05) is 18.2 Å². The average molecular weight is 217 g/mol. The van der Waals surface area contributed by atoms with E-state index in [-0.39, 0.29) is 5.91 Å². The predicted octanol–water partition coefficient (Wildman–Crippen LogP) is 1.44. The summed E-state index contributed by atoms with van der Waals surface area (Å²) >= 11 is 0. The predicted molar refractivity (Wildman–Crippen MR) is 57.8 cm³/mol. The van der Waals surface area contributed by atoms with Crippen LogP contribution in [0.25, 0.3) is 11.3 Å². The van der Waals surface area contributed by atoms with E-state index in [1.54, 1.807) is 26.2 Å². The highest BCUT2D eigenvalue weighted by Gasteiger charge is 2.16. The Labute approximate surface area is 92.7 Å². The van der Waals surface area contributed by atoms with Gasteiger partial charge in [-0.15, -0.1) is 5.10 Å². The van der Waals surface area contributed by atoms with Gasteiger partial charge in [0.2, 0.25) is 0 Å². The summed E-state index contributed by atoms with van der Waals surface area (Å²) in [5.41, 5.74) is 1.28. The Kier molecular flexibility index (Phi) is 2.68. The molecule has 5 heteroatoms. The molecule has 0 spiro atoms. The number of carbonyl (C=O) groups is 1. The molecule has 1 aromatic heterocycles. The molecule has 1 amide bonds. The molecule has 0 fully saturated rings. The van der Waals surface area contributed by atoms with Crippen LogP contribution >= 0.6 is 0 Å². The summed E-state index contributed by atoms with van der Waals surface area (Å²) in [5.74, 6) is 0.415. The first-order valence-electron chi connectivity index (χ1n) is 4.78. The van der Waals surface area contributed by atoms with Crippen molar-refractivity contribution in [3.8, 4) is 11.3 Å². The number of nitrogens with zero attached hydrogens (tertiary/aromatic N) is 3. The summed E-state index contributed by atoms with van der Waals surface area (Å²) < 4.78 is 4.96. The zero-order valence-corrected chi connectivity index (χ0v) is 9.04. The lowest BCUT2D eigenvalue weighted by Gasteiger charge is -2.12. The number of hydrogen-bond acceptors (Lipinski definition) is 4. The Bertz CT molecular complexity index is 492. The van der Waals surface area contributed by atoms with Crippen molar-refractivity contribution in [2.24, 2.45) is 0 Å². The second-order valence-corrected chi connectivity index (χ2v) is 3.53. The van der Waals surface area contributed by atoms with Gasteiger partial charge in [0.05, 0.1) is 11.8 Å². The minimum atomic E-state index is -0.0769. The largest absolute Gasteiger partial charge is 0.345 e. The topological polar surface area (TPSA) is 59.2 Å². The van der Waals surface area contributed by atoms with Crippen LogP contribution in [0.4, 0.5) is 0 Å². The molecule has 0 aliphatic carbocycles. The van der Waals surface area contributed by atoms with Crippen molar-refractivity contribution >= 4 is 5.91 Å². The number of rotatable bonds is 2. The summed E-state index contributed by atoms with van der Waals surface area (Å²) in [6, 6.07) is 7.20. The van der Waals surface area contributed by atoms with Crippen LogP contribution < -0.4 is 0 Å². The van der Waals surface area contributed by atoms with E-state index >= 15 is 0 Å². The van der Waals surface area contributed by atoms with Gasteiger partial charge in [0.25, 0.3) is 5.91 Å². The fourth-order valence-corrected chi connectivity index (χ4v) is 1.41. The molecule has 0 saturated heterocycles. The maximum atomic E-state index is 11.9. The van der Waals surface area contributed by atoms with E-state index in [2.05, 4.69) is 10.4 Å². The molecule has 0 aliphatic rings. The summed E-state index contributed by atoms with van der Waals surface area (Å²) in [5, 5.41) is 7.00. The molecule has 2 aromatic rings.